The average Bonchev–Trinajstić information content (AvgIpc) is 3.00. The number of carbonyl (C=O) groups excluding carboxylic acids is 1. The van der Waals surface area contributed by atoms with Crippen LogP contribution in [0.2, 0.25) is 0 Å². The maximum Gasteiger partial charge on any atom is 0.255 e. The summed E-state index contributed by atoms with van der Waals surface area (Å²) in [7, 11) is 0. The molecule has 0 bridgehead atoms. The van der Waals surface area contributed by atoms with Crippen LogP contribution >= 0.6 is 11.8 Å². The summed E-state index contributed by atoms with van der Waals surface area (Å²) in [6, 6.07) is 9.46. The van der Waals surface area contributed by atoms with Crippen molar-refractivity contribution in [3.8, 4) is 5.75 Å². The SMILES string of the molecule is CC1=CN(c2ccc(F)cn2)C(=CC(C)(C)CNC(=O)c2ccccc2O)S1. The van der Waals surface area contributed by atoms with Gasteiger partial charge in [-0.1, -0.05) is 37.7 Å². The number of phenols is 1. The van der Waals surface area contributed by atoms with E-state index in [2.05, 4.69) is 16.4 Å². The van der Waals surface area contributed by atoms with Gasteiger partial charge in [-0.05, 0) is 37.3 Å². The minimum absolute atomic E-state index is 0.0455. The van der Waals surface area contributed by atoms with Crippen LogP contribution < -0.4 is 10.2 Å². The number of hydrogen-bond acceptors (Lipinski definition) is 5. The standard InChI is InChI=1S/C21H22FN3O2S/c1-14-12-25(18-9-8-15(22)11-23-18)19(28-14)10-21(2,3)13-24-20(27)16-6-4-5-7-17(16)26/h4-12,26H,13H2,1-3H3,(H,24,27). The third-order valence-corrected chi connectivity index (χ3v) is 5.09. The van der Waals surface area contributed by atoms with E-state index in [0.29, 0.717) is 12.4 Å². The lowest BCUT2D eigenvalue weighted by molar-refractivity contribution is 0.0940. The van der Waals surface area contributed by atoms with E-state index in [1.807, 2.05) is 31.9 Å². The van der Waals surface area contributed by atoms with Crippen molar-refractivity contribution in [1.29, 1.82) is 0 Å². The molecule has 2 aromatic rings. The highest BCUT2D eigenvalue weighted by Gasteiger charge is 2.25. The molecule has 1 aliphatic heterocycles. The molecule has 0 radical (unpaired) electrons. The molecule has 1 aromatic heterocycles. The highest BCUT2D eigenvalue weighted by molar-refractivity contribution is 8.07. The molecule has 146 valence electrons. The quantitative estimate of drug-likeness (QED) is 0.767. The molecule has 1 aliphatic rings. The maximum absolute atomic E-state index is 13.2. The Bertz CT molecular complexity index is 939. The van der Waals surface area contributed by atoms with Gasteiger partial charge in [-0.3, -0.25) is 9.69 Å². The largest absolute Gasteiger partial charge is 0.507 e. The molecule has 0 aliphatic carbocycles. The van der Waals surface area contributed by atoms with Gasteiger partial charge in [0, 0.05) is 23.1 Å². The predicted molar refractivity (Wildman–Crippen MR) is 110 cm³/mol. The topological polar surface area (TPSA) is 65.5 Å². The molecule has 0 saturated carbocycles. The van der Waals surface area contributed by atoms with Crippen molar-refractivity contribution in [3.63, 3.8) is 0 Å². The molecule has 0 unspecified atom stereocenters. The number of hydrogen-bond donors (Lipinski definition) is 2. The second-order valence-electron chi connectivity index (χ2n) is 7.22. The number of aromatic nitrogens is 1. The van der Waals surface area contributed by atoms with Gasteiger partial charge in [0.25, 0.3) is 5.91 Å². The summed E-state index contributed by atoms with van der Waals surface area (Å²) in [5.41, 5.74) is -0.116. The molecule has 0 spiro atoms. The first-order valence-electron chi connectivity index (χ1n) is 8.81. The lowest BCUT2D eigenvalue weighted by Gasteiger charge is -2.25. The number of halogens is 1. The van der Waals surface area contributed by atoms with E-state index in [1.165, 1.54) is 18.3 Å². The Morgan fingerprint density at radius 2 is 2.07 bits per heavy atom. The first kappa shape index (κ1) is 19.9. The third-order valence-electron chi connectivity index (χ3n) is 4.14. The number of para-hydroxylation sites is 1. The van der Waals surface area contributed by atoms with Crippen molar-refractivity contribution < 1.29 is 14.3 Å². The third kappa shape index (κ3) is 4.72. The molecule has 5 nitrogen and oxygen atoms in total. The number of allylic oxidation sites excluding steroid dienone is 1. The maximum atomic E-state index is 13.2. The van der Waals surface area contributed by atoms with Gasteiger partial charge in [0.1, 0.15) is 17.4 Å². The Morgan fingerprint density at radius 3 is 2.75 bits per heavy atom. The molecule has 3 rings (SSSR count). The van der Waals surface area contributed by atoms with Crippen molar-refractivity contribution >= 4 is 23.5 Å². The fourth-order valence-electron chi connectivity index (χ4n) is 2.73. The van der Waals surface area contributed by atoms with Gasteiger partial charge in [-0.2, -0.15) is 0 Å². The minimum atomic E-state index is -0.381. The zero-order chi connectivity index (χ0) is 20.3. The second-order valence-corrected chi connectivity index (χ2v) is 8.48. The van der Waals surface area contributed by atoms with Crippen LogP contribution in [0.5, 0.6) is 5.75 Å². The van der Waals surface area contributed by atoms with Gasteiger partial charge in [-0.25, -0.2) is 9.37 Å². The van der Waals surface area contributed by atoms with E-state index in [9.17, 15) is 14.3 Å². The number of pyridine rings is 1. The second kappa shape index (κ2) is 8.06. The van der Waals surface area contributed by atoms with Crippen molar-refractivity contribution in [2.45, 2.75) is 20.8 Å². The molecule has 28 heavy (non-hydrogen) atoms. The number of amides is 1. The van der Waals surface area contributed by atoms with E-state index in [-0.39, 0.29) is 28.5 Å². The number of phenolic OH excluding ortho intramolecular Hbond substituents is 1. The first-order valence-corrected chi connectivity index (χ1v) is 9.63. The zero-order valence-electron chi connectivity index (χ0n) is 15.9. The summed E-state index contributed by atoms with van der Waals surface area (Å²) in [5, 5.41) is 13.6. The normalized spacial score (nSPS) is 15.6. The summed E-state index contributed by atoms with van der Waals surface area (Å²) >= 11 is 1.59. The number of rotatable bonds is 5. The summed E-state index contributed by atoms with van der Waals surface area (Å²) in [6.45, 7) is 6.40. The van der Waals surface area contributed by atoms with Crippen molar-refractivity contribution in [2.75, 3.05) is 11.4 Å². The van der Waals surface area contributed by atoms with Gasteiger partial charge in [-0.15, -0.1) is 0 Å². The van der Waals surface area contributed by atoms with Gasteiger partial charge >= 0.3 is 0 Å². The summed E-state index contributed by atoms with van der Waals surface area (Å²) in [6.07, 6.45) is 5.20. The van der Waals surface area contributed by atoms with Crippen LogP contribution in [0.15, 0.2) is 64.8 Å². The number of nitrogens with zero attached hydrogens (tertiary/aromatic N) is 2. The van der Waals surface area contributed by atoms with Crippen LogP contribution in [0.3, 0.4) is 0 Å². The van der Waals surface area contributed by atoms with Crippen LogP contribution in [0.25, 0.3) is 0 Å². The number of benzene rings is 1. The lowest BCUT2D eigenvalue weighted by Crippen LogP contribution is -2.33. The van der Waals surface area contributed by atoms with Crippen LogP contribution in [-0.2, 0) is 0 Å². The van der Waals surface area contributed by atoms with Crippen molar-refractivity contribution in [1.82, 2.24) is 10.3 Å². The first-order chi connectivity index (χ1) is 13.2. The van der Waals surface area contributed by atoms with Crippen LogP contribution in [0.4, 0.5) is 10.2 Å². The number of carbonyl (C=O) groups is 1. The smallest absolute Gasteiger partial charge is 0.255 e. The van der Waals surface area contributed by atoms with Crippen LogP contribution in [-0.4, -0.2) is 22.5 Å². The predicted octanol–water partition coefficient (Wildman–Crippen LogP) is 4.64. The molecule has 2 N–H and O–H groups in total. The van der Waals surface area contributed by atoms with E-state index in [4.69, 9.17) is 0 Å². The van der Waals surface area contributed by atoms with Crippen LogP contribution in [0.1, 0.15) is 31.1 Å². The minimum Gasteiger partial charge on any atom is -0.507 e. The highest BCUT2D eigenvalue weighted by Crippen LogP contribution is 2.40. The van der Waals surface area contributed by atoms with Gasteiger partial charge in [0.2, 0.25) is 0 Å². The molecular weight excluding hydrogens is 377 g/mol. The Morgan fingerprint density at radius 1 is 1.32 bits per heavy atom. The molecule has 1 aromatic carbocycles. The Balaban J connectivity index is 1.74. The average molecular weight is 399 g/mol. The fraction of sp³-hybridized carbons (Fsp3) is 0.238. The number of nitrogens with one attached hydrogen (secondary N) is 1. The number of thioether (sulfide) groups is 1. The summed E-state index contributed by atoms with van der Waals surface area (Å²) < 4.78 is 13.2. The molecule has 0 atom stereocenters. The lowest BCUT2D eigenvalue weighted by atomic mass is 9.93. The van der Waals surface area contributed by atoms with Gasteiger partial charge in [0.15, 0.2) is 0 Å². The Kier molecular flexibility index (Phi) is 5.74. The van der Waals surface area contributed by atoms with E-state index in [1.54, 1.807) is 36.0 Å². The van der Waals surface area contributed by atoms with Crippen molar-refractivity contribution in [3.05, 3.63) is 76.2 Å². The molecule has 0 saturated heterocycles. The molecule has 7 heteroatoms. The van der Waals surface area contributed by atoms with E-state index in [0.717, 1.165) is 9.93 Å². The van der Waals surface area contributed by atoms with E-state index < -0.39 is 0 Å². The molecule has 0 fully saturated rings. The summed E-state index contributed by atoms with van der Waals surface area (Å²) in [5.74, 6) is -0.119. The highest BCUT2D eigenvalue weighted by atomic mass is 32.2. The molecular formula is C21H22FN3O2S. The molecule has 2 heterocycles. The number of anilines is 1. The molecule has 1 amide bonds. The fourth-order valence-corrected chi connectivity index (χ4v) is 3.84. The Hall–Kier alpha value is -2.80. The van der Waals surface area contributed by atoms with Gasteiger partial charge < -0.3 is 10.4 Å². The monoisotopic (exact) mass is 399 g/mol. The van der Waals surface area contributed by atoms with Crippen LogP contribution in [0, 0.1) is 11.2 Å². The van der Waals surface area contributed by atoms with Gasteiger partial charge in [0.05, 0.1) is 16.8 Å². The van der Waals surface area contributed by atoms with E-state index >= 15 is 0 Å². The summed E-state index contributed by atoms with van der Waals surface area (Å²) in [4.78, 5) is 19.5. The Labute approximate surface area is 168 Å². The zero-order valence-corrected chi connectivity index (χ0v) is 16.8. The van der Waals surface area contributed by atoms with Crippen molar-refractivity contribution in [2.24, 2.45) is 5.41 Å². The number of aromatic hydroxyl groups is 1.